The molecule has 5 heteroatoms. The van der Waals surface area contributed by atoms with Crippen LogP contribution < -0.4 is 5.73 Å². The summed E-state index contributed by atoms with van der Waals surface area (Å²) in [7, 11) is 1.87. The predicted molar refractivity (Wildman–Crippen MR) is 84.1 cm³/mol. The fourth-order valence-electron chi connectivity index (χ4n) is 2.04. The Morgan fingerprint density at radius 3 is 2.53 bits per heavy atom. The van der Waals surface area contributed by atoms with Crippen LogP contribution in [-0.4, -0.2) is 9.78 Å². The van der Waals surface area contributed by atoms with Crippen molar-refractivity contribution in [1.29, 1.82) is 0 Å². The molecule has 0 amide bonds. The molecule has 0 saturated carbocycles. The van der Waals surface area contributed by atoms with E-state index < -0.39 is 0 Å². The quantitative estimate of drug-likeness (QED) is 0.765. The molecule has 0 aliphatic carbocycles. The number of hydrogen-bond acceptors (Lipinski definition) is 3. The maximum Gasteiger partial charge on any atom is 0.129 e. The zero-order valence-electron chi connectivity index (χ0n) is 10.3. The Bertz CT molecular complexity index is 699. The van der Waals surface area contributed by atoms with Crippen molar-refractivity contribution < 1.29 is 0 Å². The monoisotopic (exact) mass is 333 g/mol. The maximum atomic E-state index is 6.17. The van der Waals surface area contributed by atoms with Gasteiger partial charge in [0.15, 0.2) is 0 Å². The van der Waals surface area contributed by atoms with Crippen LogP contribution in [0.25, 0.3) is 22.4 Å². The normalized spacial score (nSPS) is 10.8. The summed E-state index contributed by atoms with van der Waals surface area (Å²) in [6, 6.07) is 10.2. The van der Waals surface area contributed by atoms with E-state index in [0.717, 1.165) is 26.9 Å². The number of nitrogen functional groups attached to an aromatic ring is 1. The van der Waals surface area contributed by atoms with Gasteiger partial charge < -0.3 is 5.73 Å². The summed E-state index contributed by atoms with van der Waals surface area (Å²) in [5.74, 6) is 0.684. The molecule has 2 N–H and O–H groups in total. The molecule has 0 bridgehead atoms. The van der Waals surface area contributed by atoms with Crippen LogP contribution in [0, 0.1) is 0 Å². The molecular formula is C14H12BrN3S. The third kappa shape index (κ3) is 2.19. The summed E-state index contributed by atoms with van der Waals surface area (Å²) in [5.41, 5.74) is 10.3. The van der Waals surface area contributed by atoms with E-state index in [1.807, 2.05) is 36.7 Å². The van der Waals surface area contributed by atoms with E-state index in [1.54, 1.807) is 16.0 Å². The number of halogens is 1. The molecule has 0 unspecified atom stereocenters. The van der Waals surface area contributed by atoms with Gasteiger partial charge in [-0.25, -0.2) is 0 Å². The number of anilines is 1. The van der Waals surface area contributed by atoms with Gasteiger partial charge in [0.25, 0.3) is 0 Å². The number of aryl methyl sites for hydroxylation is 1. The van der Waals surface area contributed by atoms with Crippen LogP contribution in [0.3, 0.4) is 0 Å². The van der Waals surface area contributed by atoms with Crippen molar-refractivity contribution in [3.05, 3.63) is 45.6 Å². The van der Waals surface area contributed by atoms with E-state index in [1.165, 1.54) is 0 Å². The lowest BCUT2D eigenvalue weighted by atomic mass is 10.0. The largest absolute Gasteiger partial charge is 0.383 e. The predicted octanol–water partition coefficient (Wildman–Crippen LogP) is 4.16. The summed E-state index contributed by atoms with van der Waals surface area (Å²) < 4.78 is 2.78. The highest BCUT2D eigenvalue weighted by molar-refractivity contribution is 9.10. The molecule has 3 aromatic rings. The molecule has 19 heavy (non-hydrogen) atoms. The van der Waals surface area contributed by atoms with Gasteiger partial charge in [-0.1, -0.05) is 28.1 Å². The number of hydrogen-bond donors (Lipinski definition) is 1. The first-order chi connectivity index (χ1) is 9.16. The van der Waals surface area contributed by atoms with E-state index in [2.05, 4.69) is 32.5 Å². The first-order valence-electron chi connectivity index (χ1n) is 5.78. The minimum Gasteiger partial charge on any atom is -0.383 e. The summed E-state index contributed by atoms with van der Waals surface area (Å²) in [6.07, 6.45) is 0. The SMILES string of the molecule is Cn1nc(-c2ccsc2)c(-c2ccc(Br)cc2)c1N. The van der Waals surface area contributed by atoms with Gasteiger partial charge in [0.05, 0.1) is 5.56 Å². The smallest absolute Gasteiger partial charge is 0.129 e. The van der Waals surface area contributed by atoms with Gasteiger partial charge in [-0.2, -0.15) is 16.4 Å². The van der Waals surface area contributed by atoms with E-state index in [0.29, 0.717) is 5.82 Å². The molecule has 3 rings (SSSR count). The van der Waals surface area contributed by atoms with E-state index in [-0.39, 0.29) is 0 Å². The van der Waals surface area contributed by atoms with Crippen LogP contribution in [0.15, 0.2) is 45.6 Å². The third-order valence-corrected chi connectivity index (χ3v) is 4.23. The molecular weight excluding hydrogens is 322 g/mol. The Labute approximate surface area is 123 Å². The van der Waals surface area contributed by atoms with Crippen molar-refractivity contribution in [3.63, 3.8) is 0 Å². The number of benzene rings is 1. The van der Waals surface area contributed by atoms with Crippen LogP contribution in [0.1, 0.15) is 0 Å². The number of nitrogens with zero attached hydrogens (tertiary/aromatic N) is 2. The van der Waals surface area contributed by atoms with E-state index in [4.69, 9.17) is 5.73 Å². The van der Waals surface area contributed by atoms with Gasteiger partial charge in [-0.05, 0) is 29.1 Å². The molecule has 2 aromatic heterocycles. The number of aromatic nitrogens is 2. The van der Waals surface area contributed by atoms with Crippen LogP contribution in [0.5, 0.6) is 0 Å². The minimum absolute atomic E-state index is 0.684. The summed E-state index contributed by atoms with van der Waals surface area (Å²) >= 11 is 5.11. The Morgan fingerprint density at radius 2 is 1.89 bits per heavy atom. The Kier molecular flexibility index (Phi) is 3.16. The van der Waals surface area contributed by atoms with E-state index in [9.17, 15) is 0 Å². The van der Waals surface area contributed by atoms with Gasteiger partial charge in [0, 0.05) is 22.5 Å². The number of nitrogens with two attached hydrogens (primary N) is 1. The van der Waals surface area contributed by atoms with Crippen LogP contribution in [0.4, 0.5) is 5.82 Å². The molecule has 2 heterocycles. The van der Waals surface area contributed by atoms with Crippen molar-refractivity contribution in [3.8, 4) is 22.4 Å². The lowest BCUT2D eigenvalue weighted by molar-refractivity contribution is 0.782. The van der Waals surface area contributed by atoms with Crippen molar-refractivity contribution in [2.24, 2.45) is 7.05 Å². The lowest BCUT2D eigenvalue weighted by Gasteiger charge is -2.03. The molecule has 0 radical (unpaired) electrons. The fraction of sp³-hybridized carbons (Fsp3) is 0.0714. The average Bonchev–Trinajstić information content (AvgIpc) is 3.01. The molecule has 0 spiro atoms. The van der Waals surface area contributed by atoms with Gasteiger partial charge in [-0.3, -0.25) is 4.68 Å². The first kappa shape index (κ1) is 12.4. The second-order valence-corrected chi connectivity index (χ2v) is 5.95. The van der Waals surface area contributed by atoms with E-state index >= 15 is 0 Å². The molecule has 0 atom stereocenters. The lowest BCUT2D eigenvalue weighted by Crippen LogP contribution is -1.97. The average molecular weight is 334 g/mol. The van der Waals surface area contributed by atoms with Crippen molar-refractivity contribution in [1.82, 2.24) is 9.78 Å². The molecule has 96 valence electrons. The molecule has 0 saturated heterocycles. The standard InChI is InChI=1S/C14H12BrN3S/c1-18-14(16)12(9-2-4-11(15)5-3-9)13(17-18)10-6-7-19-8-10/h2-8H,16H2,1H3. The fourth-order valence-corrected chi connectivity index (χ4v) is 2.94. The third-order valence-electron chi connectivity index (χ3n) is 3.02. The molecule has 0 aliphatic heterocycles. The second kappa shape index (κ2) is 4.83. The summed E-state index contributed by atoms with van der Waals surface area (Å²) in [6.45, 7) is 0. The van der Waals surface area contributed by atoms with Gasteiger partial charge in [-0.15, -0.1) is 0 Å². The maximum absolute atomic E-state index is 6.17. The zero-order chi connectivity index (χ0) is 13.4. The number of thiophene rings is 1. The molecule has 0 fully saturated rings. The van der Waals surface area contributed by atoms with Crippen LogP contribution in [0.2, 0.25) is 0 Å². The van der Waals surface area contributed by atoms with Crippen LogP contribution >= 0.6 is 27.3 Å². The first-order valence-corrected chi connectivity index (χ1v) is 7.51. The molecule has 1 aromatic carbocycles. The zero-order valence-corrected chi connectivity index (χ0v) is 12.7. The second-order valence-electron chi connectivity index (χ2n) is 4.25. The molecule has 0 aliphatic rings. The van der Waals surface area contributed by atoms with Crippen LogP contribution in [-0.2, 0) is 7.05 Å². The van der Waals surface area contributed by atoms with Crippen molar-refractivity contribution >= 4 is 33.1 Å². The van der Waals surface area contributed by atoms with Crippen molar-refractivity contribution in [2.75, 3.05) is 5.73 Å². The highest BCUT2D eigenvalue weighted by Gasteiger charge is 2.17. The number of rotatable bonds is 2. The Morgan fingerprint density at radius 1 is 1.16 bits per heavy atom. The van der Waals surface area contributed by atoms with Gasteiger partial charge in [0.2, 0.25) is 0 Å². The summed E-state index contributed by atoms with van der Waals surface area (Å²) in [4.78, 5) is 0. The topological polar surface area (TPSA) is 43.8 Å². The highest BCUT2D eigenvalue weighted by atomic mass is 79.9. The Balaban J connectivity index is 2.22. The highest BCUT2D eigenvalue weighted by Crippen LogP contribution is 2.36. The van der Waals surface area contributed by atoms with Crippen molar-refractivity contribution in [2.45, 2.75) is 0 Å². The summed E-state index contributed by atoms with van der Waals surface area (Å²) in [5, 5.41) is 8.67. The van der Waals surface area contributed by atoms with Gasteiger partial charge in [0.1, 0.15) is 11.5 Å². The molecule has 3 nitrogen and oxygen atoms in total. The Hall–Kier alpha value is -1.59. The van der Waals surface area contributed by atoms with Gasteiger partial charge >= 0.3 is 0 Å². The minimum atomic E-state index is 0.684.